The Morgan fingerprint density at radius 3 is 1.36 bits per heavy atom. The van der Waals surface area contributed by atoms with E-state index in [9.17, 15) is 52.4 Å². The summed E-state index contributed by atoms with van der Waals surface area (Å²) < 4.78 is 33.7. The first-order valence-electron chi connectivity index (χ1n) is 33.0. The van der Waals surface area contributed by atoms with Gasteiger partial charge in [-0.3, -0.25) is 38.9 Å². The average Bonchev–Trinajstić information content (AvgIpc) is 1.65. The molecule has 8 N–H and O–H groups in total. The summed E-state index contributed by atoms with van der Waals surface area (Å²) in [7, 11) is -3.77. The highest BCUT2D eigenvalue weighted by Gasteiger charge is 2.35. The lowest BCUT2D eigenvalue weighted by Crippen LogP contribution is -2.30. The number of carbonyl (C=O) groups excluding carboxylic acids is 2. The van der Waals surface area contributed by atoms with E-state index in [4.69, 9.17) is 21.9 Å². The Bertz CT molecular complexity index is 4560. The number of carbonyl (C=O) groups is 2. The van der Waals surface area contributed by atoms with Gasteiger partial charge in [0.1, 0.15) is 11.5 Å². The van der Waals surface area contributed by atoms with Crippen molar-refractivity contribution in [2.24, 2.45) is 5.92 Å². The van der Waals surface area contributed by atoms with E-state index in [0.717, 1.165) is 27.7 Å². The second-order valence-electron chi connectivity index (χ2n) is 22.5. The smallest absolute Gasteiger partial charge is 0.274 e. The van der Waals surface area contributed by atoms with Crippen LogP contribution in [-0.4, -0.2) is 40.6 Å². The SMILES string of the molecule is CC.CC.CC.CC.CC.CC(C)C.CC(C)NS(=O)(=O)c1ccc(Cc2ccc(C(C)C)cc2)c([N+](=O)[O-])c1.CC(C)c1ccc(Oc2cc(O)c3c(c2N)C(=O)c2ccccc2C3=O)cc1.Nc1c2c(=O)c3ccccc3c(=O)c2c(N)c2c(=O)n(-c3ccccc3)c(=O)c12. The minimum absolute atomic E-state index is 0.0162. The first-order chi connectivity index (χ1) is 46.1. The maximum Gasteiger partial charge on any atom is 0.274 e. The number of phenolic OH excluding ortho intramolecular Hbond substituents is 1. The van der Waals surface area contributed by atoms with Crippen LogP contribution in [-0.2, 0) is 16.4 Å². The van der Waals surface area contributed by atoms with Crippen LogP contribution in [0.1, 0.15) is 197 Å². The van der Waals surface area contributed by atoms with E-state index in [0.29, 0.717) is 35.3 Å². The Morgan fingerprint density at radius 2 is 0.938 bits per heavy atom. The third-order valence-electron chi connectivity index (χ3n) is 14.2. The normalized spacial score (nSPS) is 11.0. The van der Waals surface area contributed by atoms with Gasteiger partial charge in [0.25, 0.3) is 16.8 Å². The maximum absolute atomic E-state index is 13.1. The highest BCUT2D eigenvalue weighted by atomic mass is 32.2. The predicted octanol–water partition coefficient (Wildman–Crippen LogP) is 16.9. The third-order valence-corrected chi connectivity index (χ3v) is 15.9. The largest absolute Gasteiger partial charge is 0.507 e. The van der Waals surface area contributed by atoms with Crippen LogP contribution in [0.3, 0.4) is 0 Å². The molecule has 10 aromatic rings. The summed E-state index contributed by atoms with van der Waals surface area (Å²) in [5.74, 6) is 1.12. The van der Waals surface area contributed by atoms with Crippen molar-refractivity contribution in [1.82, 2.24) is 9.29 Å². The standard InChI is InChI=1S/C23H19NO4.C22H13N3O4.C19H24N2O4S.C4H10.5C2H6/c1-12(2)13-7-9-14(10-8-13)28-18-11-17(25)19-20(21(18)24)23(27)16-6-4-3-5-15(16)22(19)26;23-17-13-14(20(27)12-9-5-4-8-11(12)19(13)26)18(24)16-15(17)21(28)25(22(16)29)10-6-2-1-3-7-10;1-13(2)16-7-5-15(6-8-16)11-17-9-10-18(12-19(17)21(22)23)26(24,25)20-14(3)4;1-4(2)3;5*1-2/h3-12,25H,24H2,1-2H3;1-9H,23-24H2;5-10,12-14,20H,11H2,1-4H3;4H,1-3H3;5*1-2H3. The summed E-state index contributed by atoms with van der Waals surface area (Å²) in [5.41, 5.74) is 20.2. The second-order valence-corrected chi connectivity index (χ2v) is 24.2. The van der Waals surface area contributed by atoms with Gasteiger partial charge in [0.2, 0.25) is 10.0 Å². The molecular weight excluding hydrogens is 1240 g/mol. The minimum atomic E-state index is -3.77. The molecule has 1 aliphatic carbocycles. The fourth-order valence-corrected chi connectivity index (χ4v) is 11.3. The molecule has 18 nitrogen and oxygen atoms in total. The summed E-state index contributed by atoms with van der Waals surface area (Å²) in [4.78, 5) is 88.8. The molecule has 1 aromatic heterocycles. The highest BCUT2D eigenvalue weighted by Crippen LogP contribution is 2.43. The maximum atomic E-state index is 13.1. The Morgan fingerprint density at radius 1 is 0.526 bits per heavy atom. The molecule has 0 aliphatic heterocycles. The molecule has 0 bridgehead atoms. The molecule has 19 heteroatoms. The van der Waals surface area contributed by atoms with Crippen molar-refractivity contribution in [2.45, 2.75) is 161 Å². The number of nitrogens with one attached hydrogen (secondary N) is 1. The zero-order chi connectivity index (χ0) is 73.5. The molecule has 0 fully saturated rings. The number of anilines is 3. The van der Waals surface area contributed by atoms with Crippen LogP contribution in [0, 0.1) is 16.0 Å². The molecule has 11 rings (SSSR count). The minimum Gasteiger partial charge on any atom is -0.507 e. The monoisotopic (exact) mass is 1340 g/mol. The van der Waals surface area contributed by atoms with Crippen molar-refractivity contribution in [3.05, 3.63) is 247 Å². The predicted molar refractivity (Wildman–Crippen MR) is 400 cm³/mol. The summed E-state index contributed by atoms with van der Waals surface area (Å²) in [6, 6.07) is 41.6. The van der Waals surface area contributed by atoms with Gasteiger partial charge in [-0.1, -0.05) is 227 Å². The first-order valence-corrected chi connectivity index (χ1v) is 34.5. The van der Waals surface area contributed by atoms with Gasteiger partial charge in [-0.15, -0.1) is 0 Å². The number of nitro benzene ring substituents is 1. The number of ether oxygens (including phenoxy) is 1. The zero-order valence-corrected chi connectivity index (χ0v) is 60.2. The number of nitrogens with two attached hydrogens (primary N) is 3. The number of nitrogens with zero attached hydrogens (tertiary/aromatic N) is 2. The molecule has 97 heavy (non-hydrogen) atoms. The van der Waals surface area contributed by atoms with Gasteiger partial charge in [-0.05, 0) is 78.6 Å². The van der Waals surface area contributed by atoms with Crippen LogP contribution in [0.2, 0.25) is 0 Å². The number of fused-ring (bicyclic) bond motifs is 5. The Labute approximate surface area is 570 Å². The van der Waals surface area contributed by atoms with E-state index in [2.05, 4.69) is 53.2 Å². The fraction of sp³-hybridized carbons (Fsp3) is 0.308. The molecule has 0 amide bonds. The van der Waals surface area contributed by atoms with Crippen molar-refractivity contribution in [3.63, 3.8) is 0 Å². The van der Waals surface area contributed by atoms with E-state index < -0.39 is 48.5 Å². The summed E-state index contributed by atoms with van der Waals surface area (Å²) in [5, 5.41) is 21.8. The highest BCUT2D eigenvalue weighted by molar-refractivity contribution is 7.89. The van der Waals surface area contributed by atoms with Crippen LogP contribution in [0.5, 0.6) is 17.2 Å². The van der Waals surface area contributed by atoms with Gasteiger partial charge < -0.3 is 27.0 Å². The van der Waals surface area contributed by atoms with Gasteiger partial charge in [-0.2, -0.15) is 0 Å². The number of benzene rings is 9. The van der Waals surface area contributed by atoms with Crippen molar-refractivity contribution in [3.8, 4) is 22.9 Å². The average molecular weight is 1340 g/mol. The van der Waals surface area contributed by atoms with Crippen LogP contribution in [0.4, 0.5) is 22.7 Å². The summed E-state index contributed by atoms with van der Waals surface area (Å²) >= 11 is 0. The van der Waals surface area contributed by atoms with E-state index in [1.54, 1.807) is 92.7 Å². The summed E-state index contributed by atoms with van der Waals surface area (Å²) in [6.45, 7) is 38.3. The van der Waals surface area contributed by atoms with E-state index >= 15 is 0 Å². The number of nitrogen functional groups attached to an aromatic ring is 3. The number of hydrogen-bond acceptors (Lipinski definition) is 15. The lowest BCUT2D eigenvalue weighted by Gasteiger charge is -2.21. The number of hydrogen-bond donors (Lipinski definition) is 5. The molecule has 1 aliphatic rings. The molecule has 0 atom stereocenters. The Hall–Kier alpha value is -10.1. The van der Waals surface area contributed by atoms with Gasteiger partial charge in [-0.25, -0.2) is 17.7 Å². The van der Waals surface area contributed by atoms with Crippen molar-refractivity contribution >= 4 is 76.7 Å². The number of ketones is 2. The number of phenols is 1. The third kappa shape index (κ3) is 18.7. The fourth-order valence-electron chi connectivity index (χ4n) is 10.0. The number of sulfonamides is 1. The van der Waals surface area contributed by atoms with E-state index in [-0.39, 0.29) is 99.8 Å². The van der Waals surface area contributed by atoms with Crippen LogP contribution < -0.4 is 48.6 Å². The number of aromatic hydroxyl groups is 1. The van der Waals surface area contributed by atoms with E-state index in [1.165, 1.54) is 35.9 Å². The molecule has 0 radical (unpaired) electrons. The van der Waals surface area contributed by atoms with Crippen molar-refractivity contribution in [1.29, 1.82) is 0 Å². The molecule has 0 saturated heterocycles. The Balaban J connectivity index is 0.000000346. The molecule has 1 heterocycles. The van der Waals surface area contributed by atoms with Gasteiger partial charge in [0, 0.05) is 52.1 Å². The van der Waals surface area contributed by atoms with Crippen LogP contribution in [0.25, 0.3) is 38.0 Å². The zero-order valence-electron chi connectivity index (χ0n) is 59.4. The van der Waals surface area contributed by atoms with Crippen molar-refractivity contribution in [2.75, 3.05) is 17.2 Å². The second kappa shape index (κ2) is 37.3. The van der Waals surface area contributed by atoms with Gasteiger partial charge in [0.15, 0.2) is 28.2 Å². The quantitative estimate of drug-likeness (QED) is 0.0201. The molecule has 0 unspecified atom stereocenters. The molecular formula is C78H96N6O12S. The molecule has 516 valence electrons. The molecule has 9 aromatic carbocycles. The lowest BCUT2D eigenvalue weighted by atomic mass is 9.82. The van der Waals surface area contributed by atoms with Gasteiger partial charge >= 0.3 is 0 Å². The van der Waals surface area contributed by atoms with Crippen molar-refractivity contribution < 1.29 is 32.8 Å². The number of aromatic nitrogens is 1. The number of nitro groups is 1. The first kappa shape index (κ1) is 81.1. The number of rotatable bonds is 11. The number of para-hydroxylation sites is 1. The lowest BCUT2D eigenvalue weighted by molar-refractivity contribution is -0.385. The molecule has 0 saturated carbocycles. The van der Waals surface area contributed by atoms with Gasteiger partial charge in [0.05, 0.1) is 65.2 Å². The van der Waals surface area contributed by atoms with Crippen LogP contribution in [0.15, 0.2) is 176 Å². The topological polar surface area (TPSA) is 304 Å². The van der Waals surface area contributed by atoms with E-state index in [1.807, 2.05) is 106 Å². The van der Waals surface area contributed by atoms with Crippen LogP contribution >= 0.6 is 0 Å². The molecule has 0 spiro atoms. The summed E-state index contributed by atoms with van der Waals surface area (Å²) in [6.07, 6.45) is 0.368. The Kier molecular flexibility index (Phi) is 31.2.